The summed E-state index contributed by atoms with van der Waals surface area (Å²) in [6.07, 6.45) is 3.68. The first-order valence-electron chi connectivity index (χ1n) is 4.92. The van der Waals surface area contributed by atoms with Gasteiger partial charge in [-0.2, -0.15) is 0 Å². The molecular weight excluding hydrogens is 198 g/mol. The number of nitrogens with one attached hydrogen (secondary N) is 2. The molecule has 1 atom stereocenters. The standard InChI is InChI=1S/C9H13N3O3/c13-9(12-8-3-4-11-15-8)10-6-7-2-1-5-14-7/h3-4,7H,1-2,5-6H2,(H2,10,12,13). The van der Waals surface area contributed by atoms with Crippen molar-refractivity contribution in [2.45, 2.75) is 18.9 Å². The fraction of sp³-hybridized carbons (Fsp3) is 0.556. The zero-order chi connectivity index (χ0) is 10.5. The van der Waals surface area contributed by atoms with Crippen molar-refractivity contribution in [2.24, 2.45) is 0 Å². The van der Waals surface area contributed by atoms with Gasteiger partial charge in [-0.3, -0.25) is 5.32 Å². The number of aromatic nitrogens is 1. The minimum atomic E-state index is -0.303. The van der Waals surface area contributed by atoms with E-state index in [9.17, 15) is 4.79 Å². The van der Waals surface area contributed by atoms with Gasteiger partial charge in [0.05, 0.1) is 12.3 Å². The highest BCUT2D eigenvalue weighted by Crippen LogP contribution is 2.10. The van der Waals surface area contributed by atoms with Crippen LogP contribution in [0.5, 0.6) is 0 Å². The lowest BCUT2D eigenvalue weighted by Gasteiger charge is -2.10. The number of hydrogen-bond donors (Lipinski definition) is 2. The number of nitrogens with zero attached hydrogens (tertiary/aromatic N) is 1. The number of urea groups is 1. The first kappa shape index (κ1) is 9.97. The SMILES string of the molecule is O=C(NCC1CCCO1)Nc1ccno1. The van der Waals surface area contributed by atoms with Crippen molar-refractivity contribution >= 4 is 11.9 Å². The van der Waals surface area contributed by atoms with Crippen LogP contribution < -0.4 is 10.6 Å². The van der Waals surface area contributed by atoms with Crippen LogP contribution in [-0.2, 0) is 4.74 Å². The van der Waals surface area contributed by atoms with Gasteiger partial charge in [-0.25, -0.2) is 4.79 Å². The molecule has 2 heterocycles. The molecule has 1 aliphatic heterocycles. The molecule has 1 aromatic heterocycles. The lowest BCUT2D eigenvalue weighted by atomic mass is 10.2. The average Bonchev–Trinajstić information content (AvgIpc) is 2.86. The summed E-state index contributed by atoms with van der Waals surface area (Å²) in [6, 6.07) is 1.27. The first-order chi connectivity index (χ1) is 7.34. The average molecular weight is 211 g/mol. The Balaban J connectivity index is 1.68. The number of ether oxygens (including phenoxy) is 1. The van der Waals surface area contributed by atoms with Crippen LogP contribution in [0, 0.1) is 0 Å². The van der Waals surface area contributed by atoms with Crippen LogP contribution in [0.3, 0.4) is 0 Å². The van der Waals surface area contributed by atoms with Gasteiger partial charge in [-0.1, -0.05) is 5.16 Å². The highest BCUT2D eigenvalue weighted by Gasteiger charge is 2.16. The van der Waals surface area contributed by atoms with Gasteiger partial charge in [0.2, 0.25) is 5.88 Å². The molecule has 0 radical (unpaired) electrons. The number of rotatable bonds is 3. The normalized spacial score (nSPS) is 20.1. The molecule has 1 aromatic rings. The summed E-state index contributed by atoms with van der Waals surface area (Å²) in [5.74, 6) is 0.333. The molecule has 2 amide bonds. The highest BCUT2D eigenvalue weighted by molar-refractivity contribution is 5.87. The second kappa shape index (κ2) is 4.79. The van der Waals surface area contributed by atoms with E-state index in [0.29, 0.717) is 12.4 Å². The quantitative estimate of drug-likeness (QED) is 0.781. The van der Waals surface area contributed by atoms with E-state index in [1.807, 2.05) is 0 Å². The molecule has 0 spiro atoms. The number of carbonyl (C=O) groups excluding carboxylic acids is 1. The zero-order valence-corrected chi connectivity index (χ0v) is 8.23. The third-order valence-electron chi connectivity index (χ3n) is 2.19. The molecule has 0 saturated carbocycles. The summed E-state index contributed by atoms with van der Waals surface area (Å²) >= 11 is 0. The van der Waals surface area contributed by atoms with Gasteiger partial charge in [0.1, 0.15) is 0 Å². The van der Waals surface area contributed by atoms with Crippen LogP contribution in [-0.4, -0.2) is 30.4 Å². The van der Waals surface area contributed by atoms with Crippen LogP contribution in [0.2, 0.25) is 0 Å². The molecule has 2 N–H and O–H groups in total. The number of amides is 2. The van der Waals surface area contributed by atoms with Crippen molar-refractivity contribution in [3.8, 4) is 0 Å². The Morgan fingerprint density at radius 2 is 2.60 bits per heavy atom. The minimum Gasteiger partial charge on any atom is -0.376 e. The molecule has 1 fully saturated rings. The van der Waals surface area contributed by atoms with Crippen molar-refractivity contribution in [1.29, 1.82) is 0 Å². The molecule has 6 nitrogen and oxygen atoms in total. The van der Waals surface area contributed by atoms with Gasteiger partial charge in [0.15, 0.2) is 0 Å². The second-order valence-corrected chi connectivity index (χ2v) is 3.35. The van der Waals surface area contributed by atoms with Crippen molar-refractivity contribution < 1.29 is 14.1 Å². The van der Waals surface area contributed by atoms with Gasteiger partial charge in [-0.05, 0) is 12.8 Å². The maximum absolute atomic E-state index is 11.3. The summed E-state index contributed by atoms with van der Waals surface area (Å²) in [6.45, 7) is 1.32. The highest BCUT2D eigenvalue weighted by atomic mass is 16.5. The smallest absolute Gasteiger partial charge is 0.321 e. The summed E-state index contributed by atoms with van der Waals surface area (Å²) in [4.78, 5) is 11.3. The van der Waals surface area contributed by atoms with Gasteiger partial charge in [0, 0.05) is 19.2 Å². The summed E-state index contributed by atoms with van der Waals surface area (Å²) < 4.78 is 10.1. The monoisotopic (exact) mass is 211 g/mol. The molecule has 0 aromatic carbocycles. The second-order valence-electron chi connectivity index (χ2n) is 3.35. The van der Waals surface area contributed by atoms with Crippen LogP contribution in [0.4, 0.5) is 10.7 Å². The van der Waals surface area contributed by atoms with Crippen molar-refractivity contribution in [2.75, 3.05) is 18.5 Å². The Morgan fingerprint density at radius 3 is 3.27 bits per heavy atom. The molecule has 1 aliphatic rings. The van der Waals surface area contributed by atoms with E-state index in [-0.39, 0.29) is 12.1 Å². The van der Waals surface area contributed by atoms with Crippen LogP contribution in [0.25, 0.3) is 0 Å². The molecule has 6 heteroatoms. The van der Waals surface area contributed by atoms with Gasteiger partial charge >= 0.3 is 6.03 Å². The number of anilines is 1. The fourth-order valence-electron chi connectivity index (χ4n) is 1.45. The number of carbonyl (C=O) groups is 1. The third kappa shape index (κ3) is 2.95. The van der Waals surface area contributed by atoms with Gasteiger partial charge in [0.25, 0.3) is 0 Å². The largest absolute Gasteiger partial charge is 0.376 e. The Hall–Kier alpha value is -1.56. The maximum Gasteiger partial charge on any atom is 0.321 e. The molecule has 0 bridgehead atoms. The minimum absolute atomic E-state index is 0.144. The Kier molecular flexibility index (Phi) is 3.18. The van der Waals surface area contributed by atoms with Crippen LogP contribution in [0.15, 0.2) is 16.8 Å². The van der Waals surface area contributed by atoms with Crippen molar-refractivity contribution in [1.82, 2.24) is 10.5 Å². The van der Waals surface area contributed by atoms with E-state index in [2.05, 4.69) is 15.8 Å². The molecule has 2 rings (SSSR count). The van der Waals surface area contributed by atoms with Gasteiger partial charge < -0.3 is 14.6 Å². The predicted molar refractivity (Wildman–Crippen MR) is 52.5 cm³/mol. The first-order valence-corrected chi connectivity index (χ1v) is 4.92. The van der Waals surface area contributed by atoms with Crippen molar-refractivity contribution in [3.05, 3.63) is 12.3 Å². The Labute approximate surface area is 87.0 Å². The summed E-state index contributed by atoms with van der Waals surface area (Å²) in [5.41, 5.74) is 0. The fourth-order valence-corrected chi connectivity index (χ4v) is 1.45. The predicted octanol–water partition coefficient (Wildman–Crippen LogP) is 0.975. The lowest BCUT2D eigenvalue weighted by Crippen LogP contribution is -2.34. The maximum atomic E-state index is 11.3. The summed E-state index contributed by atoms with van der Waals surface area (Å²) in [7, 11) is 0. The third-order valence-corrected chi connectivity index (χ3v) is 2.19. The van der Waals surface area contributed by atoms with E-state index < -0.39 is 0 Å². The molecular formula is C9H13N3O3. The van der Waals surface area contributed by atoms with Crippen LogP contribution >= 0.6 is 0 Å². The topological polar surface area (TPSA) is 76.4 Å². The molecule has 0 aliphatic carbocycles. The molecule has 1 unspecified atom stereocenters. The van der Waals surface area contributed by atoms with Gasteiger partial charge in [-0.15, -0.1) is 0 Å². The van der Waals surface area contributed by atoms with E-state index in [1.54, 1.807) is 6.07 Å². The number of hydrogen-bond acceptors (Lipinski definition) is 4. The lowest BCUT2D eigenvalue weighted by molar-refractivity contribution is 0.112. The Bertz CT molecular complexity index is 306. The van der Waals surface area contributed by atoms with Crippen LogP contribution in [0.1, 0.15) is 12.8 Å². The van der Waals surface area contributed by atoms with E-state index >= 15 is 0 Å². The Morgan fingerprint density at radius 1 is 1.67 bits per heavy atom. The van der Waals surface area contributed by atoms with Crippen molar-refractivity contribution in [3.63, 3.8) is 0 Å². The zero-order valence-electron chi connectivity index (χ0n) is 8.23. The van der Waals surface area contributed by atoms with E-state index in [0.717, 1.165) is 19.4 Å². The van der Waals surface area contributed by atoms with E-state index in [1.165, 1.54) is 6.20 Å². The molecule has 15 heavy (non-hydrogen) atoms. The molecule has 1 saturated heterocycles. The summed E-state index contributed by atoms with van der Waals surface area (Å²) in [5, 5.41) is 8.68. The molecule has 82 valence electrons. The van der Waals surface area contributed by atoms with E-state index in [4.69, 9.17) is 9.26 Å².